The number of hydrogen-bond donors (Lipinski definition) is 1. The Balaban J connectivity index is 1.69. The molecule has 0 saturated carbocycles. The molecule has 8 nitrogen and oxygen atoms in total. The van der Waals surface area contributed by atoms with Crippen molar-refractivity contribution in [2.24, 2.45) is 0 Å². The Morgan fingerprint density at radius 3 is 2.97 bits per heavy atom. The summed E-state index contributed by atoms with van der Waals surface area (Å²) in [7, 11) is -3.19. The van der Waals surface area contributed by atoms with Gasteiger partial charge in [0, 0.05) is 36.0 Å². The molecular formula is C20H23N5O3S. The fraction of sp³-hybridized carbons (Fsp3) is 0.450. The van der Waals surface area contributed by atoms with Gasteiger partial charge in [-0.1, -0.05) is 0 Å². The molecule has 3 aromatic rings. The average Bonchev–Trinajstić information content (AvgIpc) is 3.33. The van der Waals surface area contributed by atoms with E-state index in [2.05, 4.69) is 21.8 Å². The van der Waals surface area contributed by atoms with Crippen LogP contribution in [0.5, 0.6) is 0 Å². The zero-order chi connectivity index (χ0) is 20.0. The van der Waals surface area contributed by atoms with E-state index in [4.69, 9.17) is 14.7 Å². The van der Waals surface area contributed by atoms with Crippen LogP contribution in [0.25, 0.3) is 22.3 Å². The molecule has 5 heterocycles. The number of anilines is 1. The van der Waals surface area contributed by atoms with E-state index in [1.807, 2.05) is 18.3 Å². The van der Waals surface area contributed by atoms with Gasteiger partial charge in [0.15, 0.2) is 15.7 Å². The Hall–Kier alpha value is -2.52. The zero-order valence-electron chi connectivity index (χ0n) is 16.2. The van der Waals surface area contributed by atoms with Crippen LogP contribution in [0.3, 0.4) is 0 Å². The number of nitrogens with one attached hydrogen (secondary N) is 1. The van der Waals surface area contributed by atoms with Crippen molar-refractivity contribution in [1.82, 2.24) is 19.9 Å². The summed E-state index contributed by atoms with van der Waals surface area (Å²) in [5.74, 6) is 1.47. The van der Waals surface area contributed by atoms with Crippen molar-refractivity contribution in [1.29, 1.82) is 0 Å². The quantitative estimate of drug-likeness (QED) is 0.704. The summed E-state index contributed by atoms with van der Waals surface area (Å²) in [6.45, 7) is 4.03. The third kappa shape index (κ3) is 3.28. The monoisotopic (exact) mass is 413 g/mol. The van der Waals surface area contributed by atoms with E-state index in [-0.39, 0.29) is 11.8 Å². The van der Waals surface area contributed by atoms with E-state index in [1.54, 1.807) is 12.4 Å². The molecule has 0 amide bonds. The smallest absolute Gasteiger partial charge is 0.164 e. The maximum absolute atomic E-state index is 12.6. The molecule has 0 aliphatic carbocycles. The molecule has 2 aliphatic rings. The molecule has 0 aromatic carbocycles. The lowest BCUT2D eigenvalue weighted by Crippen LogP contribution is -2.44. The fourth-order valence-electron chi connectivity index (χ4n) is 4.23. The van der Waals surface area contributed by atoms with Crippen LogP contribution in [0.1, 0.15) is 30.7 Å². The topological polar surface area (TPSA) is 101 Å². The second-order valence-electron chi connectivity index (χ2n) is 7.72. The Bertz CT molecular complexity index is 1160. The number of aromatic nitrogens is 4. The van der Waals surface area contributed by atoms with Crippen LogP contribution in [-0.4, -0.2) is 59.9 Å². The molecule has 2 atom stereocenters. The lowest BCUT2D eigenvalue weighted by Gasteiger charge is -2.34. The molecule has 2 fully saturated rings. The fourth-order valence-corrected chi connectivity index (χ4v) is 6.10. The predicted octanol–water partition coefficient (Wildman–Crippen LogP) is 2.49. The number of pyridine rings is 1. The van der Waals surface area contributed by atoms with Crippen LogP contribution >= 0.6 is 0 Å². The normalized spacial score (nSPS) is 24.2. The summed E-state index contributed by atoms with van der Waals surface area (Å²) in [6.07, 6.45) is 6.63. The molecule has 0 spiro atoms. The lowest BCUT2D eigenvalue weighted by atomic mass is 10.1. The summed E-state index contributed by atoms with van der Waals surface area (Å²) < 4.78 is 30.8. The number of aromatic amines is 1. The van der Waals surface area contributed by atoms with Crippen LogP contribution in [0.2, 0.25) is 0 Å². The van der Waals surface area contributed by atoms with Gasteiger partial charge in [-0.05, 0) is 25.8 Å². The van der Waals surface area contributed by atoms with E-state index in [0.29, 0.717) is 44.1 Å². The Labute approximate surface area is 169 Å². The van der Waals surface area contributed by atoms with Gasteiger partial charge in [0.05, 0.1) is 42.4 Å². The Morgan fingerprint density at radius 1 is 1.28 bits per heavy atom. The number of hydrogen-bond acceptors (Lipinski definition) is 7. The van der Waals surface area contributed by atoms with Crippen LogP contribution in [0.15, 0.2) is 30.7 Å². The van der Waals surface area contributed by atoms with E-state index < -0.39 is 15.1 Å². The van der Waals surface area contributed by atoms with Gasteiger partial charge in [0.25, 0.3) is 0 Å². The molecule has 1 N–H and O–H groups in total. The largest absolute Gasteiger partial charge is 0.377 e. The lowest BCUT2D eigenvalue weighted by molar-refractivity contribution is 0.0985. The number of sulfone groups is 1. The molecule has 1 unspecified atom stereocenters. The first-order chi connectivity index (χ1) is 14.0. The number of nitrogens with zero attached hydrogens (tertiary/aromatic N) is 4. The zero-order valence-corrected chi connectivity index (χ0v) is 17.0. The van der Waals surface area contributed by atoms with Crippen LogP contribution in [0, 0.1) is 0 Å². The molecule has 9 heteroatoms. The Morgan fingerprint density at radius 2 is 2.17 bits per heavy atom. The summed E-state index contributed by atoms with van der Waals surface area (Å²) in [5.41, 5.74) is 2.27. The van der Waals surface area contributed by atoms with Gasteiger partial charge >= 0.3 is 0 Å². The first-order valence-corrected chi connectivity index (χ1v) is 11.6. The number of morpholine rings is 1. The van der Waals surface area contributed by atoms with E-state index in [1.165, 1.54) is 0 Å². The highest BCUT2D eigenvalue weighted by molar-refractivity contribution is 7.91. The van der Waals surface area contributed by atoms with Crippen molar-refractivity contribution < 1.29 is 13.2 Å². The minimum absolute atomic E-state index is 0.153. The van der Waals surface area contributed by atoms with E-state index in [0.717, 1.165) is 22.3 Å². The summed E-state index contributed by atoms with van der Waals surface area (Å²) in [5, 5.41) is 0.394. The summed E-state index contributed by atoms with van der Waals surface area (Å²) >= 11 is 0. The van der Waals surface area contributed by atoms with Gasteiger partial charge in [0.2, 0.25) is 0 Å². The first-order valence-electron chi connectivity index (χ1n) is 9.89. The number of H-pyrrole nitrogens is 1. The maximum atomic E-state index is 12.6. The van der Waals surface area contributed by atoms with E-state index >= 15 is 0 Å². The molecule has 5 rings (SSSR count). The van der Waals surface area contributed by atoms with Crippen molar-refractivity contribution in [3.05, 3.63) is 36.4 Å². The molecule has 0 bridgehead atoms. The van der Waals surface area contributed by atoms with Gasteiger partial charge in [-0.3, -0.25) is 4.98 Å². The molecule has 152 valence electrons. The van der Waals surface area contributed by atoms with Crippen molar-refractivity contribution in [2.45, 2.75) is 31.1 Å². The van der Waals surface area contributed by atoms with Crippen molar-refractivity contribution in [3.63, 3.8) is 0 Å². The van der Waals surface area contributed by atoms with Gasteiger partial charge in [0.1, 0.15) is 11.1 Å². The second kappa shape index (κ2) is 7.07. The molecule has 0 radical (unpaired) electrons. The number of ether oxygens (including phenoxy) is 1. The summed E-state index contributed by atoms with van der Waals surface area (Å²) in [4.78, 5) is 19.2. The van der Waals surface area contributed by atoms with Crippen molar-refractivity contribution in [3.8, 4) is 11.4 Å². The van der Waals surface area contributed by atoms with Gasteiger partial charge in [-0.15, -0.1) is 0 Å². The highest BCUT2D eigenvalue weighted by atomic mass is 32.2. The van der Waals surface area contributed by atoms with Crippen molar-refractivity contribution >= 4 is 26.6 Å². The first kappa shape index (κ1) is 18.5. The predicted molar refractivity (Wildman–Crippen MR) is 111 cm³/mol. The average molecular weight is 414 g/mol. The van der Waals surface area contributed by atoms with Crippen LogP contribution < -0.4 is 4.90 Å². The standard InChI is InChI=1S/C20H23N5O3S/c1-13-12-28-7-6-25(13)19-9-16(18-3-2-8-29(18,26)27)23-20(24-19)15-10-21-11-17-14(15)4-5-22-17/h4-5,9-11,13,18,22H,2-3,6-8,12H2,1H3/t13-,18?/m1/s1. The second-order valence-corrected chi connectivity index (χ2v) is 10.0. The molecule has 2 aliphatic heterocycles. The van der Waals surface area contributed by atoms with Gasteiger partial charge < -0.3 is 14.6 Å². The third-order valence-electron chi connectivity index (χ3n) is 5.77. The van der Waals surface area contributed by atoms with Crippen LogP contribution in [-0.2, 0) is 14.6 Å². The highest BCUT2D eigenvalue weighted by Gasteiger charge is 2.35. The van der Waals surface area contributed by atoms with Crippen molar-refractivity contribution in [2.75, 3.05) is 30.4 Å². The third-order valence-corrected chi connectivity index (χ3v) is 7.97. The minimum Gasteiger partial charge on any atom is -0.377 e. The SMILES string of the molecule is C[C@@H]1COCCN1c1cc(C2CCCS2(=O)=O)nc(-c2cncc3[nH]ccc23)n1. The minimum atomic E-state index is -3.19. The number of fused-ring (bicyclic) bond motifs is 1. The van der Waals surface area contributed by atoms with Gasteiger partial charge in [-0.2, -0.15) is 0 Å². The molecule has 2 saturated heterocycles. The van der Waals surface area contributed by atoms with Gasteiger partial charge in [-0.25, -0.2) is 18.4 Å². The highest BCUT2D eigenvalue weighted by Crippen LogP contribution is 2.36. The molecule has 3 aromatic heterocycles. The van der Waals surface area contributed by atoms with Crippen LogP contribution in [0.4, 0.5) is 5.82 Å². The molecule has 29 heavy (non-hydrogen) atoms. The van der Waals surface area contributed by atoms with E-state index in [9.17, 15) is 8.42 Å². The Kier molecular flexibility index (Phi) is 4.51. The maximum Gasteiger partial charge on any atom is 0.164 e. The molecular weight excluding hydrogens is 390 g/mol. The number of rotatable bonds is 3. The summed E-state index contributed by atoms with van der Waals surface area (Å²) in [6, 6.07) is 3.97.